The van der Waals surface area contributed by atoms with Crippen LogP contribution in [0.4, 0.5) is 0 Å². The van der Waals surface area contributed by atoms with E-state index in [4.69, 9.17) is 4.52 Å². The summed E-state index contributed by atoms with van der Waals surface area (Å²) in [6.07, 6.45) is 45.0. The zero-order valence-electron chi connectivity index (χ0n) is 27.8. The SMILES string of the molecule is CCCCCCCCCCCCCCCCCCO[P+](=O)CCCCCCCCCCCCCCCCCC.[Nd]. The van der Waals surface area contributed by atoms with Crippen molar-refractivity contribution < 1.29 is 49.9 Å². The molecule has 0 aromatic carbocycles. The maximum atomic E-state index is 12.1. The molecule has 0 bridgehead atoms. The third kappa shape index (κ3) is 39.4. The molecule has 0 spiro atoms. The van der Waals surface area contributed by atoms with Crippen LogP contribution in [0.5, 0.6) is 0 Å². The van der Waals surface area contributed by atoms with Crippen LogP contribution in [0.2, 0.25) is 0 Å². The molecule has 1 atom stereocenters. The quantitative estimate of drug-likeness (QED) is 0.0483. The van der Waals surface area contributed by atoms with Crippen molar-refractivity contribution >= 4 is 8.03 Å². The van der Waals surface area contributed by atoms with Gasteiger partial charge in [-0.25, -0.2) is 0 Å². The zero-order chi connectivity index (χ0) is 28.3. The van der Waals surface area contributed by atoms with Crippen LogP contribution in [0, 0.1) is 40.8 Å². The van der Waals surface area contributed by atoms with E-state index >= 15 is 0 Å². The van der Waals surface area contributed by atoms with E-state index in [1.807, 2.05) is 0 Å². The van der Waals surface area contributed by atoms with Crippen molar-refractivity contribution in [3.8, 4) is 0 Å². The molecule has 0 aliphatic carbocycles. The van der Waals surface area contributed by atoms with Crippen molar-refractivity contribution in [3.63, 3.8) is 0 Å². The molecule has 1 unspecified atom stereocenters. The molecule has 0 fully saturated rings. The van der Waals surface area contributed by atoms with E-state index in [2.05, 4.69) is 13.8 Å². The minimum Gasteiger partial charge on any atom is -0.146 e. The molecule has 2 nitrogen and oxygen atoms in total. The van der Waals surface area contributed by atoms with Crippen LogP contribution < -0.4 is 0 Å². The Balaban J connectivity index is 0. The van der Waals surface area contributed by atoms with Gasteiger partial charge in [-0.1, -0.05) is 200 Å². The van der Waals surface area contributed by atoms with E-state index in [1.54, 1.807) is 0 Å². The van der Waals surface area contributed by atoms with Crippen molar-refractivity contribution in [2.75, 3.05) is 12.8 Å². The van der Waals surface area contributed by atoms with Gasteiger partial charge in [0.05, 0.1) is 0 Å². The number of rotatable bonds is 35. The molecule has 0 amide bonds. The Bertz CT molecular complexity index is 460. The van der Waals surface area contributed by atoms with Gasteiger partial charge in [0.25, 0.3) is 0 Å². The van der Waals surface area contributed by atoms with Crippen LogP contribution >= 0.6 is 8.03 Å². The molecular formula is C36H74NdO2P+. The van der Waals surface area contributed by atoms with Gasteiger partial charge in [0.15, 0.2) is 6.16 Å². The number of hydrogen-bond acceptors (Lipinski definition) is 2. The molecule has 0 aliphatic rings. The van der Waals surface area contributed by atoms with Crippen molar-refractivity contribution in [1.29, 1.82) is 0 Å². The van der Waals surface area contributed by atoms with Gasteiger partial charge in [-0.2, -0.15) is 0 Å². The molecule has 0 aliphatic heterocycles. The minimum atomic E-state index is -1.42. The largest absolute Gasteiger partial charge is 0.508 e. The van der Waals surface area contributed by atoms with Gasteiger partial charge < -0.3 is 0 Å². The summed E-state index contributed by atoms with van der Waals surface area (Å²) in [6.45, 7) is 5.29. The van der Waals surface area contributed by atoms with Crippen molar-refractivity contribution in [3.05, 3.63) is 0 Å². The van der Waals surface area contributed by atoms with Crippen LogP contribution in [-0.4, -0.2) is 12.8 Å². The van der Waals surface area contributed by atoms with Crippen LogP contribution in [-0.2, 0) is 9.09 Å². The Hall–Kier alpha value is 1.41. The molecule has 0 saturated heterocycles. The first-order valence-corrected chi connectivity index (χ1v) is 19.7. The Morgan fingerprint density at radius 1 is 0.350 bits per heavy atom. The zero-order valence-corrected chi connectivity index (χ0v) is 31.9. The van der Waals surface area contributed by atoms with Gasteiger partial charge in [-0.15, -0.1) is 4.52 Å². The van der Waals surface area contributed by atoms with Crippen LogP contribution in [0.15, 0.2) is 0 Å². The number of hydrogen-bond donors (Lipinski definition) is 0. The summed E-state index contributed by atoms with van der Waals surface area (Å²) in [5.41, 5.74) is 0. The topological polar surface area (TPSA) is 26.3 Å². The molecule has 40 heavy (non-hydrogen) atoms. The van der Waals surface area contributed by atoms with E-state index in [0.717, 1.165) is 19.0 Å². The van der Waals surface area contributed by atoms with E-state index in [1.165, 1.54) is 193 Å². The smallest absolute Gasteiger partial charge is 0.146 e. The van der Waals surface area contributed by atoms with Crippen molar-refractivity contribution in [2.24, 2.45) is 0 Å². The second-order valence-electron chi connectivity index (χ2n) is 12.5. The summed E-state index contributed by atoms with van der Waals surface area (Å²) in [5, 5.41) is 0. The fourth-order valence-electron chi connectivity index (χ4n) is 5.67. The Morgan fingerprint density at radius 2 is 0.575 bits per heavy atom. The first-order valence-electron chi connectivity index (χ1n) is 18.4. The Morgan fingerprint density at radius 3 is 0.850 bits per heavy atom. The predicted molar refractivity (Wildman–Crippen MR) is 178 cm³/mol. The van der Waals surface area contributed by atoms with Crippen LogP contribution in [0.25, 0.3) is 0 Å². The summed E-state index contributed by atoms with van der Waals surface area (Å²) < 4.78 is 17.7. The third-order valence-electron chi connectivity index (χ3n) is 8.43. The molecule has 0 aromatic rings. The number of unbranched alkanes of at least 4 members (excludes halogenated alkanes) is 30. The molecule has 0 saturated carbocycles. The van der Waals surface area contributed by atoms with Gasteiger partial charge >= 0.3 is 8.03 Å². The summed E-state index contributed by atoms with van der Waals surface area (Å²) in [6, 6.07) is 0. The van der Waals surface area contributed by atoms with E-state index in [9.17, 15) is 4.57 Å². The van der Waals surface area contributed by atoms with Gasteiger partial charge in [-0.3, -0.25) is 0 Å². The average molecular weight is 714 g/mol. The summed E-state index contributed by atoms with van der Waals surface area (Å²) in [7, 11) is -1.42. The third-order valence-corrected chi connectivity index (χ3v) is 9.58. The van der Waals surface area contributed by atoms with Crippen LogP contribution in [0.3, 0.4) is 0 Å². The van der Waals surface area contributed by atoms with Crippen molar-refractivity contribution in [1.82, 2.24) is 0 Å². The average Bonchev–Trinajstić information content (AvgIpc) is 2.94. The molecule has 238 valence electrons. The van der Waals surface area contributed by atoms with E-state index in [-0.39, 0.29) is 40.8 Å². The second kappa shape index (κ2) is 40.4. The van der Waals surface area contributed by atoms with E-state index < -0.39 is 8.03 Å². The monoisotopic (exact) mass is 711 g/mol. The van der Waals surface area contributed by atoms with Crippen LogP contribution in [0.1, 0.15) is 219 Å². The molecule has 0 heterocycles. The maximum Gasteiger partial charge on any atom is 0.508 e. The maximum absolute atomic E-state index is 12.1. The minimum absolute atomic E-state index is 0. The molecule has 0 rings (SSSR count). The first-order chi connectivity index (χ1) is 19.3. The van der Waals surface area contributed by atoms with Gasteiger partial charge in [0, 0.05) is 40.8 Å². The molecule has 0 radical (unpaired) electrons. The summed E-state index contributed by atoms with van der Waals surface area (Å²) in [5.74, 6) is 0. The normalized spacial score (nSPS) is 11.6. The summed E-state index contributed by atoms with van der Waals surface area (Å²) >= 11 is 0. The standard InChI is InChI=1S/C36H74O2P.Nd/c1-3-5-7-9-11-13-15-17-19-21-23-25-27-29-31-33-35-38-39(37)36-34-32-30-28-26-24-22-20-18-16-14-12-10-8-6-4-2;/h3-36H2,1-2H3;/q+1;. The fourth-order valence-corrected chi connectivity index (χ4v) is 6.61. The molecule has 0 N–H and O–H groups in total. The first kappa shape index (κ1) is 43.5. The predicted octanol–water partition coefficient (Wildman–Crippen LogP) is 14.3. The second-order valence-corrected chi connectivity index (χ2v) is 13.9. The Labute approximate surface area is 287 Å². The van der Waals surface area contributed by atoms with E-state index in [0.29, 0.717) is 6.61 Å². The van der Waals surface area contributed by atoms with Gasteiger partial charge in [0.1, 0.15) is 6.61 Å². The van der Waals surface area contributed by atoms with Gasteiger partial charge in [-0.05, 0) is 23.8 Å². The van der Waals surface area contributed by atoms with Gasteiger partial charge in [0.2, 0.25) is 0 Å². The molecule has 0 aromatic heterocycles. The molecular weight excluding hydrogens is 640 g/mol. The van der Waals surface area contributed by atoms with Crippen molar-refractivity contribution in [2.45, 2.75) is 219 Å². The Kier molecular flexibility index (Phi) is 44.0. The fraction of sp³-hybridized carbons (Fsp3) is 1.00. The molecule has 4 heteroatoms. The summed E-state index contributed by atoms with van der Waals surface area (Å²) in [4.78, 5) is 0.